The number of hydrogen-bond acceptors (Lipinski definition) is 2. The molecule has 3 heteroatoms. The first-order valence-corrected chi connectivity index (χ1v) is 12.5. The maximum atomic E-state index is 5.06. The van der Waals surface area contributed by atoms with Gasteiger partial charge in [0.15, 0.2) is 0 Å². The van der Waals surface area contributed by atoms with E-state index in [4.69, 9.17) is 4.98 Å². The number of pyridine rings is 1. The number of benzene rings is 3. The molecule has 0 saturated carbocycles. The molecule has 33 heavy (non-hydrogen) atoms. The van der Waals surface area contributed by atoms with Gasteiger partial charge in [0.05, 0.1) is 5.69 Å². The largest absolute Gasteiger partial charge is 0.306 e. The molecule has 0 spiro atoms. The van der Waals surface area contributed by atoms with Crippen molar-refractivity contribution in [3.05, 3.63) is 101 Å². The minimum atomic E-state index is 0.958. The summed E-state index contributed by atoms with van der Waals surface area (Å²) in [5.74, 6) is 0. The number of imidazole rings is 1. The van der Waals surface area contributed by atoms with E-state index in [1.54, 1.807) is 11.8 Å². The van der Waals surface area contributed by atoms with Crippen LogP contribution in [-0.2, 0) is 0 Å². The Labute approximate surface area is 200 Å². The Morgan fingerprint density at radius 3 is 1.73 bits per heavy atom. The van der Waals surface area contributed by atoms with Gasteiger partial charge in [-0.1, -0.05) is 64.7 Å². The van der Waals surface area contributed by atoms with Crippen LogP contribution in [0.3, 0.4) is 0 Å². The molecule has 0 bridgehead atoms. The van der Waals surface area contributed by atoms with E-state index in [2.05, 4.69) is 105 Å². The minimum absolute atomic E-state index is 0.958. The lowest BCUT2D eigenvalue weighted by Crippen LogP contribution is -1.94. The highest BCUT2D eigenvalue weighted by atomic mass is 32.2. The van der Waals surface area contributed by atoms with Gasteiger partial charge in [-0.15, -0.1) is 11.8 Å². The molecule has 0 unspecified atom stereocenters. The SMILES string of the molecule is CSc1cc(-c2cc(C)cc(C)c2)c(-c2cn3ccccc3n2)c(-c2cc(C)cc(C)c2)c1. The first kappa shape index (κ1) is 21.5. The molecule has 5 rings (SSSR count). The average Bonchev–Trinajstić information content (AvgIpc) is 3.20. The summed E-state index contributed by atoms with van der Waals surface area (Å²) in [4.78, 5) is 6.31. The van der Waals surface area contributed by atoms with Crippen LogP contribution < -0.4 is 0 Å². The molecule has 2 nitrogen and oxygen atoms in total. The van der Waals surface area contributed by atoms with Crippen LogP contribution in [-0.4, -0.2) is 15.6 Å². The zero-order valence-corrected chi connectivity index (χ0v) is 20.6. The Hall–Kier alpha value is -3.30. The van der Waals surface area contributed by atoms with Gasteiger partial charge in [-0.05, 0) is 80.5 Å². The summed E-state index contributed by atoms with van der Waals surface area (Å²) in [5.41, 5.74) is 13.2. The second-order valence-corrected chi connectivity index (χ2v) is 9.82. The van der Waals surface area contributed by atoms with E-state index in [0.717, 1.165) is 11.3 Å². The third-order valence-corrected chi connectivity index (χ3v) is 6.74. The van der Waals surface area contributed by atoms with E-state index >= 15 is 0 Å². The van der Waals surface area contributed by atoms with Crippen molar-refractivity contribution in [3.63, 3.8) is 0 Å². The van der Waals surface area contributed by atoms with Gasteiger partial charge in [-0.25, -0.2) is 4.98 Å². The number of aromatic nitrogens is 2. The van der Waals surface area contributed by atoms with Crippen molar-refractivity contribution >= 4 is 17.4 Å². The van der Waals surface area contributed by atoms with Gasteiger partial charge in [0, 0.05) is 22.9 Å². The molecule has 0 amide bonds. The van der Waals surface area contributed by atoms with Crippen LogP contribution in [0.1, 0.15) is 22.3 Å². The molecular formula is C30H28N2S. The molecule has 0 N–H and O–H groups in total. The Morgan fingerprint density at radius 2 is 1.24 bits per heavy atom. The van der Waals surface area contributed by atoms with Crippen LogP contribution in [0.25, 0.3) is 39.2 Å². The predicted molar refractivity (Wildman–Crippen MR) is 142 cm³/mol. The average molecular weight is 449 g/mol. The zero-order valence-electron chi connectivity index (χ0n) is 19.8. The summed E-state index contributed by atoms with van der Waals surface area (Å²) in [7, 11) is 0. The van der Waals surface area contributed by atoms with Crippen molar-refractivity contribution in [1.29, 1.82) is 0 Å². The lowest BCUT2D eigenvalue weighted by Gasteiger charge is -2.18. The van der Waals surface area contributed by atoms with Crippen LogP contribution in [0, 0.1) is 27.7 Å². The molecule has 0 radical (unpaired) electrons. The summed E-state index contributed by atoms with van der Waals surface area (Å²) in [6.45, 7) is 8.68. The number of nitrogens with zero attached hydrogens (tertiary/aromatic N) is 2. The topological polar surface area (TPSA) is 17.3 Å². The highest BCUT2D eigenvalue weighted by molar-refractivity contribution is 7.98. The van der Waals surface area contributed by atoms with E-state index in [1.807, 2.05) is 12.1 Å². The van der Waals surface area contributed by atoms with E-state index in [1.165, 1.54) is 55.0 Å². The highest BCUT2D eigenvalue weighted by Crippen LogP contribution is 2.43. The second-order valence-electron chi connectivity index (χ2n) is 8.94. The monoisotopic (exact) mass is 448 g/mol. The number of aryl methyl sites for hydroxylation is 4. The fourth-order valence-electron chi connectivity index (χ4n) is 4.78. The molecule has 0 aliphatic rings. The lowest BCUT2D eigenvalue weighted by molar-refractivity contribution is 1.19. The van der Waals surface area contributed by atoms with Gasteiger partial charge in [-0.3, -0.25) is 0 Å². The van der Waals surface area contributed by atoms with Crippen molar-refractivity contribution in [1.82, 2.24) is 9.38 Å². The summed E-state index contributed by atoms with van der Waals surface area (Å²) in [6.07, 6.45) is 6.37. The second kappa shape index (κ2) is 8.57. The van der Waals surface area contributed by atoms with Crippen molar-refractivity contribution < 1.29 is 0 Å². The van der Waals surface area contributed by atoms with Gasteiger partial charge in [0.25, 0.3) is 0 Å². The minimum Gasteiger partial charge on any atom is -0.306 e. The van der Waals surface area contributed by atoms with Crippen LogP contribution in [0.15, 0.2) is 84.0 Å². The lowest BCUT2D eigenvalue weighted by atomic mass is 9.88. The van der Waals surface area contributed by atoms with Crippen LogP contribution in [0.5, 0.6) is 0 Å². The van der Waals surface area contributed by atoms with Crippen LogP contribution in [0.2, 0.25) is 0 Å². The summed E-state index contributed by atoms with van der Waals surface area (Å²) in [5, 5.41) is 0. The summed E-state index contributed by atoms with van der Waals surface area (Å²) >= 11 is 1.79. The third kappa shape index (κ3) is 4.21. The summed E-state index contributed by atoms with van der Waals surface area (Å²) in [6, 6.07) is 24.4. The van der Waals surface area contributed by atoms with E-state index in [-0.39, 0.29) is 0 Å². The van der Waals surface area contributed by atoms with Crippen molar-refractivity contribution in [2.75, 3.05) is 6.26 Å². The van der Waals surface area contributed by atoms with Gasteiger partial charge >= 0.3 is 0 Å². The Balaban J connectivity index is 1.90. The van der Waals surface area contributed by atoms with E-state index < -0.39 is 0 Å². The molecule has 5 aromatic rings. The number of hydrogen-bond donors (Lipinski definition) is 0. The highest BCUT2D eigenvalue weighted by Gasteiger charge is 2.19. The fourth-order valence-corrected chi connectivity index (χ4v) is 5.25. The van der Waals surface area contributed by atoms with E-state index in [0.29, 0.717) is 0 Å². The first-order valence-electron chi connectivity index (χ1n) is 11.2. The molecule has 164 valence electrons. The van der Waals surface area contributed by atoms with Gasteiger partial charge in [-0.2, -0.15) is 0 Å². The Kier molecular flexibility index (Phi) is 5.59. The number of thioether (sulfide) groups is 1. The molecule has 2 aromatic heterocycles. The fraction of sp³-hybridized carbons (Fsp3) is 0.167. The standard InChI is InChI=1S/C30H28N2S/c1-19-10-20(2)13-23(12-19)26-16-25(33-5)17-27(24-14-21(3)11-22(4)15-24)30(26)28-18-32-9-7-6-8-29(32)31-28/h6-18H,1-5H3. The molecule has 0 atom stereocenters. The van der Waals surface area contributed by atoms with Gasteiger partial charge in [0.1, 0.15) is 5.65 Å². The number of rotatable bonds is 4. The third-order valence-electron chi connectivity index (χ3n) is 6.03. The molecule has 0 aliphatic heterocycles. The summed E-state index contributed by atoms with van der Waals surface area (Å²) < 4.78 is 2.11. The quantitative estimate of drug-likeness (QED) is 0.257. The molecule has 0 saturated heterocycles. The Bertz CT molecular complexity index is 1350. The van der Waals surface area contributed by atoms with Crippen molar-refractivity contribution in [2.24, 2.45) is 0 Å². The predicted octanol–water partition coefficient (Wildman–Crippen LogP) is 8.29. The molecule has 3 aromatic carbocycles. The first-order chi connectivity index (χ1) is 15.9. The van der Waals surface area contributed by atoms with Crippen molar-refractivity contribution in [2.45, 2.75) is 32.6 Å². The zero-order chi connectivity index (χ0) is 23.1. The van der Waals surface area contributed by atoms with E-state index in [9.17, 15) is 0 Å². The number of fused-ring (bicyclic) bond motifs is 1. The maximum absolute atomic E-state index is 5.06. The van der Waals surface area contributed by atoms with Gasteiger partial charge < -0.3 is 4.40 Å². The van der Waals surface area contributed by atoms with Gasteiger partial charge in [0.2, 0.25) is 0 Å². The molecule has 2 heterocycles. The smallest absolute Gasteiger partial charge is 0.137 e. The Morgan fingerprint density at radius 1 is 0.697 bits per heavy atom. The van der Waals surface area contributed by atoms with Crippen LogP contribution in [0.4, 0.5) is 0 Å². The molecule has 0 fully saturated rings. The molecule has 0 aliphatic carbocycles. The molecular weight excluding hydrogens is 420 g/mol. The normalized spacial score (nSPS) is 11.3. The van der Waals surface area contributed by atoms with Crippen LogP contribution >= 0.6 is 11.8 Å². The maximum Gasteiger partial charge on any atom is 0.137 e. The van der Waals surface area contributed by atoms with Crippen molar-refractivity contribution in [3.8, 4) is 33.5 Å².